The fraction of sp³-hybridized carbons (Fsp3) is 0.250. The average molecular weight is 379 g/mol. The molecular formula is C24H21N5. The lowest BCUT2D eigenvalue weighted by atomic mass is 9.76. The topological polar surface area (TPSA) is 65.2 Å². The van der Waals surface area contributed by atoms with Gasteiger partial charge < -0.3 is 4.90 Å². The Morgan fingerprint density at radius 2 is 1.76 bits per heavy atom. The zero-order chi connectivity index (χ0) is 19.7. The lowest BCUT2D eigenvalue weighted by molar-refractivity contribution is 0.405. The fourth-order valence-electron chi connectivity index (χ4n) is 4.31. The number of hydrogen-bond acceptors (Lipinski definition) is 5. The molecule has 5 rings (SSSR count). The van der Waals surface area contributed by atoms with Crippen LogP contribution in [0.2, 0.25) is 0 Å². The Bertz CT molecular complexity index is 1110. The predicted octanol–water partition coefficient (Wildman–Crippen LogP) is 3.89. The summed E-state index contributed by atoms with van der Waals surface area (Å²) in [6.07, 6.45) is 5.12. The first-order valence-corrected chi connectivity index (χ1v) is 9.96. The maximum atomic E-state index is 9.89. The molecular weight excluding hydrogens is 358 g/mol. The zero-order valence-electron chi connectivity index (χ0n) is 16.1. The summed E-state index contributed by atoms with van der Waals surface area (Å²) >= 11 is 0. The minimum absolute atomic E-state index is 0.510. The summed E-state index contributed by atoms with van der Waals surface area (Å²) in [6, 6.07) is 20.9. The average Bonchev–Trinajstić information content (AvgIpc) is 3.24. The molecule has 142 valence electrons. The minimum Gasteiger partial charge on any atom is -0.356 e. The summed E-state index contributed by atoms with van der Waals surface area (Å²) in [7, 11) is 0. The van der Waals surface area contributed by atoms with Gasteiger partial charge in [-0.2, -0.15) is 5.26 Å². The molecule has 1 aromatic carbocycles. The van der Waals surface area contributed by atoms with Crippen LogP contribution < -0.4 is 4.90 Å². The number of nitriles is 1. The van der Waals surface area contributed by atoms with E-state index in [9.17, 15) is 5.26 Å². The minimum atomic E-state index is -0.510. The van der Waals surface area contributed by atoms with Crippen LogP contribution in [-0.4, -0.2) is 28.8 Å². The van der Waals surface area contributed by atoms with Crippen LogP contribution in [0.3, 0.4) is 0 Å². The van der Waals surface area contributed by atoms with Crippen LogP contribution in [0.1, 0.15) is 35.2 Å². The number of pyridine rings is 2. The van der Waals surface area contributed by atoms with Crippen LogP contribution in [-0.2, 0) is 12.0 Å². The molecule has 0 N–H and O–H groups in total. The largest absolute Gasteiger partial charge is 0.356 e. The van der Waals surface area contributed by atoms with Gasteiger partial charge in [-0.05, 0) is 42.7 Å². The predicted molar refractivity (Wildman–Crippen MR) is 113 cm³/mol. The second-order valence-electron chi connectivity index (χ2n) is 7.62. The molecule has 4 heterocycles. The molecule has 0 amide bonds. The molecule has 0 aliphatic carbocycles. The first-order chi connectivity index (χ1) is 14.3. The van der Waals surface area contributed by atoms with Gasteiger partial charge in [0.25, 0.3) is 0 Å². The number of fused-ring (bicyclic) bond motifs is 1. The highest BCUT2D eigenvalue weighted by atomic mass is 15.2. The number of rotatable bonds is 3. The van der Waals surface area contributed by atoms with Crippen molar-refractivity contribution in [3.63, 3.8) is 0 Å². The van der Waals surface area contributed by atoms with E-state index in [4.69, 9.17) is 4.99 Å². The summed E-state index contributed by atoms with van der Waals surface area (Å²) < 4.78 is 0. The van der Waals surface area contributed by atoms with Crippen LogP contribution in [0.15, 0.2) is 72.0 Å². The van der Waals surface area contributed by atoms with Gasteiger partial charge in [-0.3, -0.25) is 9.98 Å². The molecule has 0 radical (unpaired) electrons. The smallest absolute Gasteiger partial charge is 0.129 e. The molecule has 1 saturated heterocycles. The number of aromatic nitrogens is 2. The normalized spacial score (nSPS) is 17.3. The van der Waals surface area contributed by atoms with Crippen molar-refractivity contribution in [1.29, 1.82) is 5.26 Å². The van der Waals surface area contributed by atoms with E-state index in [0.29, 0.717) is 0 Å². The van der Waals surface area contributed by atoms with Crippen molar-refractivity contribution < 1.29 is 0 Å². The zero-order valence-corrected chi connectivity index (χ0v) is 16.1. The Morgan fingerprint density at radius 1 is 0.931 bits per heavy atom. The second kappa shape index (κ2) is 7.14. The molecule has 0 atom stereocenters. The van der Waals surface area contributed by atoms with E-state index in [1.165, 1.54) is 11.1 Å². The molecule has 29 heavy (non-hydrogen) atoms. The Hall–Kier alpha value is -3.52. The molecule has 3 aromatic rings. The Kier molecular flexibility index (Phi) is 4.33. The van der Waals surface area contributed by atoms with E-state index in [1.807, 2.05) is 30.5 Å². The molecule has 5 nitrogen and oxygen atoms in total. The third-order valence-electron chi connectivity index (χ3n) is 6.01. The summed E-state index contributed by atoms with van der Waals surface area (Å²) in [5, 5.41) is 9.89. The van der Waals surface area contributed by atoms with E-state index < -0.39 is 5.41 Å². The highest BCUT2D eigenvalue weighted by Gasteiger charge is 2.38. The van der Waals surface area contributed by atoms with Crippen molar-refractivity contribution in [2.75, 3.05) is 18.0 Å². The lowest BCUT2D eigenvalue weighted by Gasteiger charge is -2.37. The molecule has 2 aliphatic heterocycles. The Labute approximate surface area is 170 Å². The number of nitrogens with zero attached hydrogens (tertiary/aromatic N) is 5. The van der Waals surface area contributed by atoms with Gasteiger partial charge in [0, 0.05) is 36.6 Å². The van der Waals surface area contributed by atoms with Crippen molar-refractivity contribution in [3.8, 4) is 6.07 Å². The van der Waals surface area contributed by atoms with E-state index in [1.54, 1.807) is 6.20 Å². The maximum Gasteiger partial charge on any atom is 0.129 e. The van der Waals surface area contributed by atoms with Crippen molar-refractivity contribution in [1.82, 2.24) is 9.97 Å². The van der Waals surface area contributed by atoms with Crippen molar-refractivity contribution in [2.24, 2.45) is 4.99 Å². The highest BCUT2D eigenvalue weighted by molar-refractivity contribution is 6.15. The lowest BCUT2D eigenvalue weighted by Crippen LogP contribution is -2.42. The van der Waals surface area contributed by atoms with Crippen LogP contribution in [0.25, 0.3) is 0 Å². The number of benzene rings is 1. The number of anilines is 1. The van der Waals surface area contributed by atoms with E-state index >= 15 is 0 Å². The van der Waals surface area contributed by atoms with Crippen LogP contribution >= 0.6 is 0 Å². The third kappa shape index (κ3) is 3.07. The highest BCUT2D eigenvalue weighted by Crippen LogP contribution is 2.35. The number of aliphatic imine (C=N–C) groups is 1. The van der Waals surface area contributed by atoms with Crippen molar-refractivity contribution in [3.05, 3.63) is 89.4 Å². The number of piperidine rings is 1. The van der Waals surface area contributed by atoms with Gasteiger partial charge in [-0.1, -0.05) is 30.3 Å². The van der Waals surface area contributed by atoms with Gasteiger partial charge in [0.05, 0.1) is 24.0 Å². The second-order valence-corrected chi connectivity index (χ2v) is 7.62. The SMILES string of the molecule is N#CC1(c2ccccn2)CCN(c2cc(C3=NCc4ccccc43)ccn2)CC1. The first-order valence-electron chi connectivity index (χ1n) is 9.96. The Balaban J connectivity index is 1.38. The molecule has 0 saturated carbocycles. The van der Waals surface area contributed by atoms with Crippen LogP contribution in [0.5, 0.6) is 0 Å². The molecule has 2 aromatic heterocycles. The van der Waals surface area contributed by atoms with Crippen molar-refractivity contribution in [2.45, 2.75) is 24.8 Å². The van der Waals surface area contributed by atoms with Gasteiger partial charge in [0.15, 0.2) is 0 Å². The van der Waals surface area contributed by atoms with Gasteiger partial charge in [-0.25, -0.2) is 4.98 Å². The van der Waals surface area contributed by atoms with E-state index in [0.717, 1.165) is 55.3 Å². The molecule has 1 fully saturated rings. The number of hydrogen-bond donors (Lipinski definition) is 0. The molecule has 5 heteroatoms. The molecule has 2 aliphatic rings. The van der Waals surface area contributed by atoms with E-state index in [2.05, 4.69) is 51.3 Å². The first kappa shape index (κ1) is 17.6. The van der Waals surface area contributed by atoms with Crippen LogP contribution in [0.4, 0.5) is 5.82 Å². The Morgan fingerprint density at radius 3 is 2.55 bits per heavy atom. The standard InChI is InChI=1S/C24H21N5/c25-17-24(21-7-3-4-11-26-21)9-13-29(14-10-24)22-15-18(8-12-27-22)23-20-6-2-1-5-19(20)16-28-23/h1-8,11-12,15H,9-10,13-14,16H2. The van der Waals surface area contributed by atoms with Crippen molar-refractivity contribution >= 4 is 11.5 Å². The summed E-state index contributed by atoms with van der Waals surface area (Å²) in [4.78, 5) is 16.1. The van der Waals surface area contributed by atoms with Crippen LogP contribution in [0, 0.1) is 11.3 Å². The molecule has 0 spiro atoms. The molecule has 0 bridgehead atoms. The monoisotopic (exact) mass is 379 g/mol. The summed E-state index contributed by atoms with van der Waals surface area (Å²) in [5.41, 5.74) is 4.99. The molecule has 0 unspecified atom stereocenters. The maximum absolute atomic E-state index is 9.89. The van der Waals surface area contributed by atoms with Gasteiger partial charge >= 0.3 is 0 Å². The van der Waals surface area contributed by atoms with Gasteiger partial charge in [-0.15, -0.1) is 0 Å². The van der Waals surface area contributed by atoms with E-state index in [-0.39, 0.29) is 0 Å². The van der Waals surface area contributed by atoms with Gasteiger partial charge in [0.2, 0.25) is 0 Å². The quantitative estimate of drug-likeness (QED) is 0.692. The third-order valence-corrected chi connectivity index (χ3v) is 6.01. The van der Waals surface area contributed by atoms with Gasteiger partial charge in [0.1, 0.15) is 11.2 Å². The summed E-state index contributed by atoms with van der Waals surface area (Å²) in [5.74, 6) is 0.946. The fourth-order valence-corrected chi connectivity index (χ4v) is 4.31. The summed E-state index contributed by atoms with van der Waals surface area (Å²) in [6.45, 7) is 2.30.